The van der Waals surface area contributed by atoms with Gasteiger partial charge in [-0.25, -0.2) is 4.98 Å². The lowest BCUT2D eigenvalue weighted by Gasteiger charge is -2.11. The fraction of sp³-hybridized carbons (Fsp3) is 0.167. The van der Waals surface area contributed by atoms with Crippen LogP contribution in [0.1, 0.15) is 25.1 Å². The maximum Gasteiger partial charge on any atom is 0.250 e. The van der Waals surface area contributed by atoms with Gasteiger partial charge < -0.3 is 9.15 Å². The number of hydrogen-bond donors (Lipinski definition) is 1. The molecule has 4 rings (SSSR count). The van der Waals surface area contributed by atoms with Crippen molar-refractivity contribution in [1.82, 2.24) is 4.98 Å². The number of aryl methyl sites for hydroxylation is 1. The van der Waals surface area contributed by atoms with Crippen molar-refractivity contribution in [2.75, 3.05) is 11.9 Å². The van der Waals surface area contributed by atoms with E-state index < -0.39 is 0 Å². The van der Waals surface area contributed by atoms with Gasteiger partial charge >= 0.3 is 0 Å². The molecule has 0 unspecified atom stereocenters. The fourth-order valence-electron chi connectivity index (χ4n) is 3.31. The van der Waals surface area contributed by atoms with Crippen molar-refractivity contribution >= 4 is 38.9 Å². The number of nitrogens with zero attached hydrogens (tertiary/aromatic N) is 1. The standard InChI is InChI=1S/C24H22N2O3S/c1-4-28-21-12-22-19(20(13-29-22)17-8-6-5-7-9-17)11-18(21)15(2)10-23(27)26-24-25-16(3)14-30-24/h5-14H,4H2,1-3H3,(H,25,26,27)/b15-10+. The highest BCUT2D eigenvalue weighted by molar-refractivity contribution is 7.13. The highest BCUT2D eigenvalue weighted by Crippen LogP contribution is 2.37. The van der Waals surface area contributed by atoms with Gasteiger partial charge in [0.1, 0.15) is 11.3 Å². The Morgan fingerprint density at radius 3 is 2.77 bits per heavy atom. The summed E-state index contributed by atoms with van der Waals surface area (Å²) in [4.78, 5) is 16.8. The Morgan fingerprint density at radius 1 is 1.27 bits per heavy atom. The van der Waals surface area contributed by atoms with Gasteiger partial charge in [-0.1, -0.05) is 30.3 Å². The predicted octanol–water partition coefficient (Wildman–Crippen LogP) is 6.31. The molecule has 30 heavy (non-hydrogen) atoms. The van der Waals surface area contributed by atoms with Crippen LogP contribution < -0.4 is 10.1 Å². The van der Waals surface area contributed by atoms with Crippen molar-refractivity contribution in [3.05, 3.63) is 71.4 Å². The summed E-state index contributed by atoms with van der Waals surface area (Å²) in [6.07, 6.45) is 3.33. The number of ether oxygens (including phenoxy) is 1. The second-order valence-electron chi connectivity index (χ2n) is 6.90. The van der Waals surface area contributed by atoms with E-state index in [0.717, 1.165) is 38.9 Å². The molecule has 1 N–H and O–H groups in total. The SMILES string of the molecule is CCOc1cc2occ(-c3ccccc3)c2cc1/C(C)=C/C(=O)Nc1nc(C)cs1. The first kappa shape index (κ1) is 19.9. The number of benzene rings is 2. The number of carbonyl (C=O) groups is 1. The molecule has 2 heterocycles. The summed E-state index contributed by atoms with van der Waals surface area (Å²) < 4.78 is 11.6. The number of allylic oxidation sites excluding steroid dienone is 1. The van der Waals surface area contributed by atoms with Crippen LogP contribution in [-0.4, -0.2) is 17.5 Å². The smallest absolute Gasteiger partial charge is 0.250 e. The highest BCUT2D eigenvalue weighted by Gasteiger charge is 2.15. The third kappa shape index (κ3) is 4.14. The molecule has 0 aliphatic rings. The van der Waals surface area contributed by atoms with Crippen molar-refractivity contribution in [3.8, 4) is 16.9 Å². The molecule has 6 heteroatoms. The van der Waals surface area contributed by atoms with Crippen molar-refractivity contribution in [3.63, 3.8) is 0 Å². The number of aromatic nitrogens is 1. The summed E-state index contributed by atoms with van der Waals surface area (Å²) in [5.74, 6) is 0.463. The number of carbonyl (C=O) groups excluding carboxylic acids is 1. The van der Waals surface area contributed by atoms with E-state index in [0.29, 0.717) is 17.5 Å². The van der Waals surface area contributed by atoms with Gasteiger partial charge in [0.15, 0.2) is 5.13 Å². The highest BCUT2D eigenvalue weighted by atomic mass is 32.1. The first-order valence-corrected chi connectivity index (χ1v) is 10.6. The Morgan fingerprint density at radius 2 is 2.07 bits per heavy atom. The van der Waals surface area contributed by atoms with E-state index in [-0.39, 0.29) is 5.91 Å². The Bertz CT molecular complexity index is 1220. The number of rotatable bonds is 6. The summed E-state index contributed by atoms with van der Waals surface area (Å²) >= 11 is 1.41. The van der Waals surface area contributed by atoms with Crippen molar-refractivity contribution in [2.24, 2.45) is 0 Å². The van der Waals surface area contributed by atoms with Gasteiger partial charge in [0.05, 0.1) is 18.6 Å². The molecular formula is C24H22N2O3S. The van der Waals surface area contributed by atoms with Crippen LogP contribution in [0.25, 0.3) is 27.7 Å². The van der Waals surface area contributed by atoms with Crippen LogP contribution in [0.2, 0.25) is 0 Å². The molecule has 0 aliphatic heterocycles. The molecule has 0 saturated heterocycles. The molecule has 0 bridgehead atoms. The molecule has 0 saturated carbocycles. The zero-order chi connectivity index (χ0) is 21.1. The van der Waals surface area contributed by atoms with Crippen LogP contribution in [0.15, 0.2) is 64.6 Å². The lowest BCUT2D eigenvalue weighted by molar-refractivity contribution is -0.111. The van der Waals surface area contributed by atoms with E-state index in [9.17, 15) is 4.79 Å². The van der Waals surface area contributed by atoms with E-state index in [1.807, 2.05) is 68.6 Å². The molecule has 0 aliphatic carbocycles. The first-order valence-electron chi connectivity index (χ1n) is 9.70. The number of anilines is 1. The number of thiazole rings is 1. The number of fused-ring (bicyclic) bond motifs is 1. The van der Waals surface area contributed by atoms with E-state index in [1.165, 1.54) is 11.3 Å². The van der Waals surface area contributed by atoms with Gasteiger partial charge in [-0.2, -0.15) is 0 Å². The topological polar surface area (TPSA) is 64.4 Å². The van der Waals surface area contributed by atoms with E-state index in [1.54, 1.807) is 12.3 Å². The van der Waals surface area contributed by atoms with Gasteiger partial charge in [-0.3, -0.25) is 10.1 Å². The minimum atomic E-state index is -0.222. The number of hydrogen-bond acceptors (Lipinski definition) is 5. The third-order valence-electron chi connectivity index (χ3n) is 4.68. The minimum absolute atomic E-state index is 0.222. The molecule has 2 aromatic carbocycles. The maximum atomic E-state index is 12.5. The van der Waals surface area contributed by atoms with Gasteiger partial charge in [0.2, 0.25) is 5.91 Å². The van der Waals surface area contributed by atoms with Crippen LogP contribution in [0.4, 0.5) is 5.13 Å². The Hall–Kier alpha value is -3.38. The first-order chi connectivity index (χ1) is 14.5. The normalized spacial score (nSPS) is 11.6. The van der Waals surface area contributed by atoms with Gasteiger partial charge in [0, 0.05) is 34.0 Å². The third-order valence-corrected chi connectivity index (χ3v) is 5.56. The average molecular weight is 419 g/mol. The van der Waals surface area contributed by atoms with E-state index >= 15 is 0 Å². The largest absolute Gasteiger partial charge is 0.493 e. The molecule has 0 atom stereocenters. The second kappa shape index (κ2) is 8.55. The zero-order valence-electron chi connectivity index (χ0n) is 17.1. The molecule has 0 spiro atoms. The summed E-state index contributed by atoms with van der Waals surface area (Å²) in [5, 5.41) is 6.28. The van der Waals surface area contributed by atoms with Gasteiger partial charge in [-0.15, -0.1) is 11.3 Å². The maximum absolute atomic E-state index is 12.5. The monoisotopic (exact) mass is 418 g/mol. The second-order valence-corrected chi connectivity index (χ2v) is 7.76. The number of furan rings is 1. The number of amides is 1. The molecule has 1 amide bonds. The van der Waals surface area contributed by atoms with Gasteiger partial charge in [-0.05, 0) is 38.0 Å². The Balaban J connectivity index is 1.73. The molecule has 4 aromatic rings. The predicted molar refractivity (Wildman–Crippen MR) is 122 cm³/mol. The lowest BCUT2D eigenvalue weighted by atomic mass is 9.99. The quantitative estimate of drug-likeness (QED) is 0.373. The summed E-state index contributed by atoms with van der Waals surface area (Å²) in [6, 6.07) is 14.0. The number of nitrogens with one attached hydrogen (secondary N) is 1. The average Bonchev–Trinajstić information content (AvgIpc) is 3.33. The minimum Gasteiger partial charge on any atom is -0.493 e. The Labute approximate surface area is 179 Å². The van der Waals surface area contributed by atoms with Crippen molar-refractivity contribution < 1.29 is 13.9 Å². The molecule has 5 nitrogen and oxygen atoms in total. The van der Waals surface area contributed by atoms with E-state index in [4.69, 9.17) is 9.15 Å². The van der Waals surface area contributed by atoms with Gasteiger partial charge in [0.25, 0.3) is 0 Å². The Kier molecular flexibility index (Phi) is 5.68. The molecule has 152 valence electrons. The molecular weight excluding hydrogens is 396 g/mol. The molecule has 0 fully saturated rings. The van der Waals surface area contributed by atoms with Crippen molar-refractivity contribution in [1.29, 1.82) is 0 Å². The molecule has 0 radical (unpaired) electrons. The lowest BCUT2D eigenvalue weighted by Crippen LogP contribution is -2.08. The van der Waals surface area contributed by atoms with E-state index in [2.05, 4.69) is 10.3 Å². The molecule has 2 aromatic heterocycles. The van der Waals surface area contributed by atoms with Crippen LogP contribution in [-0.2, 0) is 4.79 Å². The van der Waals surface area contributed by atoms with Crippen molar-refractivity contribution in [2.45, 2.75) is 20.8 Å². The van der Waals surface area contributed by atoms with Crippen LogP contribution >= 0.6 is 11.3 Å². The summed E-state index contributed by atoms with van der Waals surface area (Å²) in [5.41, 5.74) is 5.36. The fourth-order valence-corrected chi connectivity index (χ4v) is 4.00. The van der Waals surface area contributed by atoms with Crippen LogP contribution in [0, 0.1) is 6.92 Å². The summed E-state index contributed by atoms with van der Waals surface area (Å²) in [7, 11) is 0. The van der Waals surface area contributed by atoms with Crippen LogP contribution in [0.3, 0.4) is 0 Å². The van der Waals surface area contributed by atoms with Crippen LogP contribution in [0.5, 0.6) is 5.75 Å². The zero-order valence-corrected chi connectivity index (χ0v) is 17.9. The summed E-state index contributed by atoms with van der Waals surface area (Å²) in [6.45, 7) is 6.25.